The first-order valence-electron chi connectivity index (χ1n) is 18.2. The number of carbonyl (C=O) groups is 3. The first-order valence-corrected chi connectivity index (χ1v) is 18.2. The summed E-state index contributed by atoms with van der Waals surface area (Å²) < 4.78 is 23.0. The second-order valence-corrected chi connectivity index (χ2v) is 14.1. The van der Waals surface area contributed by atoms with Crippen LogP contribution < -0.4 is 5.32 Å². The van der Waals surface area contributed by atoms with Crippen LogP contribution in [0.5, 0.6) is 0 Å². The number of esters is 2. The molecule has 10 nitrogen and oxygen atoms in total. The normalized spacial score (nSPS) is 20.6. The molecule has 0 spiro atoms. The van der Waals surface area contributed by atoms with Gasteiger partial charge in [0.05, 0.1) is 55.1 Å². The minimum Gasteiger partial charge on any atom is -0.465 e. The Balaban J connectivity index is 0.000000170. The zero-order valence-electron chi connectivity index (χ0n) is 29.0. The molecule has 3 heterocycles. The molecule has 0 bridgehead atoms. The Hall–Kier alpha value is -3.76. The smallest absolute Gasteiger partial charge is 0.337 e. The number of ketones is 1. The second-order valence-electron chi connectivity index (χ2n) is 14.1. The van der Waals surface area contributed by atoms with Crippen LogP contribution in [-0.4, -0.2) is 73.5 Å². The van der Waals surface area contributed by atoms with Gasteiger partial charge in [0.2, 0.25) is 0 Å². The van der Waals surface area contributed by atoms with E-state index in [4.69, 9.17) is 23.9 Å². The minimum atomic E-state index is -0.369. The lowest BCUT2D eigenvalue weighted by molar-refractivity contribution is -0.119. The summed E-state index contributed by atoms with van der Waals surface area (Å²) in [5, 5.41) is 3.35. The molecule has 7 rings (SSSR count). The highest BCUT2D eigenvalue weighted by Crippen LogP contribution is 2.31. The van der Waals surface area contributed by atoms with E-state index in [-0.39, 0.29) is 29.9 Å². The summed E-state index contributed by atoms with van der Waals surface area (Å²) in [6, 6.07) is 11.0. The number of imidazole rings is 1. The molecule has 1 aromatic heterocycles. The van der Waals surface area contributed by atoms with Crippen LogP contribution in [0.3, 0.4) is 0 Å². The third-order valence-corrected chi connectivity index (χ3v) is 10.6. The van der Waals surface area contributed by atoms with E-state index in [0.717, 1.165) is 73.0 Å². The standard InChI is InChI=1S/C20H27NO4.C19H24N2O3/c1-24-20(23)16-7-6-15(11-17(22)10-14-4-2-3-5-14)19(12-16)21-13-18-8-9-25-18;1-23-19(22)14-6-7-16-17(11-14)21(12-15-8-9-24-15)18(20-16)10-13-4-2-3-5-13/h6-7,12,14,18,21H,2-5,8-11,13H2,1H3;6-7,11,13,15H,2-5,8-10,12H2,1H3/t18-;15-/m00/s1. The Morgan fingerprint density at radius 2 is 1.43 bits per heavy atom. The number of hydrogen-bond acceptors (Lipinski definition) is 9. The van der Waals surface area contributed by atoms with Gasteiger partial charge in [-0.05, 0) is 60.6 Å². The third-order valence-electron chi connectivity index (χ3n) is 10.6. The van der Waals surface area contributed by atoms with Gasteiger partial charge in [-0.15, -0.1) is 0 Å². The zero-order valence-corrected chi connectivity index (χ0v) is 29.0. The van der Waals surface area contributed by atoms with Crippen LogP contribution in [0.2, 0.25) is 0 Å². The van der Waals surface area contributed by atoms with Gasteiger partial charge in [-0.25, -0.2) is 14.6 Å². The second kappa shape index (κ2) is 16.8. The van der Waals surface area contributed by atoms with Crippen LogP contribution in [0.15, 0.2) is 36.4 Å². The summed E-state index contributed by atoms with van der Waals surface area (Å²) in [7, 11) is 2.79. The number of rotatable bonds is 13. The van der Waals surface area contributed by atoms with E-state index in [2.05, 4.69) is 9.88 Å². The van der Waals surface area contributed by atoms with Crippen molar-refractivity contribution in [1.29, 1.82) is 0 Å². The number of hydrogen-bond donors (Lipinski definition) is 1. The molecule has 0 radical (unpaired) electrons. The number of anilines is 1. The number of ether oxygens (including phenoxy) is 4. The fraction of sp³-hybridized carbons (Fsp3) is 0.590. The van der Waals surface area contributed by atoms with Crippen LogP contribution in [-0.2, 0) is 43.1 Å². The van der Waals surface area contributed by atoms with Gasteiger partial charge in [-0.1, -0.05) is 57.4 Å². The van der Waals surface area contributed by atoms with E-state index in [1.807, 2.05) is 18.2 Å². The summed E-state index contributed by atoms with van der Waals surface area (Å²) in [4.78, 5) is 41.0. The molecule has 0 amide bonds. The summed E-state index contributed by atoms with van der Waals surface area (Å²) in [6.07, 6.45) is 14.9. The van der Waals surface area contributed by atoms with E-state index in [0.29, 0.717) is 36.4 Å². The molecule has 4 aliphatic rings. The quantitative estimate of drug-likeness (QED) is 0.198. The summed E-state index contributed by atoms with van der Waals surface area (Å²) >= 11 is 0. The van der Waals surface area contributed by atoms with Gasteiger partial charge in [0.25, 0.3) is 0 Å². The molecule has 1 N–H and O–H groups in total. The number of carbonyl (C=O) groups excluding carboxylic acids is 3. The lowest BCUT2D eigenvalue weighted by atomic mass is 9.96. The highest BCUT2D eigenvalue weighted by Gasteiger charge is 2.25. The van der Waals surface area contributed by atoms with Crippen molar-refractivity contribution < 1.29 is 33.3 Å². The van der Waals surface area contributed by atoms with Gasteiger partial charge in [0.15, 0.2) is 0 Å². The van der Waals surface area contributed by atoms with Crippen LogP contribution in [0.4, 0.5) is 5.69 Å². The molecule has 2 saturated carbocycles. The average molecular weight is 674 g/mol. The van der Waals surface area contributed by atoms with Crippen molar-refractivity contribution in [2.45, 2.75) is 102 Å². The largest absolute Gasteiger partial charge is 0.465 e. The molecule has 2 aliphatic carbocycles. The highest BCUT2D eigenvalue weighted by atomic mass is 16.5. The van der Waals surface area contributed by atoms with Crippen molar-refractivity contribution in [3.05, 3.63) is 58.9 Å². The number of nitrogens with one attached hydrogen (secondary N) is 1. The predicted molar refractivity (Wildman–Crippen MR) is 187 cm³/mol. The van der Waals surface area contributed by atoms with Crippen molar-refractivity contribution in [1.82, 2.24) is 9.55 Å². The molecule has 4 fully saturated rings. The van der Waals surface area contributed by atoms with Crippen molar-refractivity contribution in [2.24, 2.45) is 11.8 Å². The predicted octanol–water partition coefficient (Wildman–Crippen LogP) is 6.71. The molecule has 3 aromatic rings. The van der Waals surface area contributed by atoms with E-state index >= 15 is 0 Å². The Bertz CT molecular complexity index is 1600. The van der Waals surface area contributed by atoms with Gasteiger partial charge in [0.1, 0.15) is 11.6 Å². The molecule has 0 unspecified atom stereocenters. The minimum absolute atomic E-state index is 0.212. The fourth-order valence-corrected chi connectivity index (χ4v) is 7.51. The van der Waals surface area contributed by atoms with E-state index in [9.17, 15) is 14.4 Å². The summed E-state index contributed by atoms with van der Waals surface area (Å²) in [5.41, 5.74) is 4.81. The van der Waals surface area contributed by atoms with Crippen LogP contribution >= 0.6 is 0 Å². The maximum Gasteiger partial charge on any atom is 0.337 e. The van der Waals surface area contributed by atoms with Crippen LogP contribution in [0.1, 0.15) is 103 Å². The third kappa shape index (κ3) is 9.08. The van der Waals surface area contributed by atoms with E-state index in [1.54, 1.807) is 18.2 Å². The first kappa shape index (κ1) is 35.1. The van der Waals surface area contributed by atoms with E-state index < -0.39 is 0 Å². The SMILES string of the molecule is COC(=O)c1ccc(CC(=O)CC2CCCC2)c(NC[C@@H]2CCO2)c1.COC(=O)c1ccc2nc(CC3CCCC3)n(C[C@@H]3CCO3)c2c1. The number of aromatic nitrogens is 2. The van der Waals surface area contributed by atoms with Gasteiger partial charge < -0.3 is 28.8 Å². The first-order chi connectivity index (χ1) is 23.9. The van der Waals surface area contributed by atoms with Gasteiger partial charge in [0, 0.05) is 44.7 Å². The van der Waals surface area contributed by atoms with Gasteiger partial charge >= 0.3 is 11.9 Å². The summed E-state index contributed by atoms with van der Waals surface area (Å²) in [6.45, 7) is 3.17. The topological polar surface area (TPSA) is 118 Å². The Kier molecular flexibility index (Phi) is 12.0. The Morgan fingerprint density at radius 1 is 0.816 bits per heavy atom. The van der Waals surface area contributed by atoms with E-state index in [1.165, 1.54) is 65.6 Å². The lowest BCUT2D eigenvalue weighted by Gasteiger charge is -2.28. The molecule has 2 atom stereocenters. The van der Waals surface area contributed by atoms with Crippen molar-refractivity contribution in [3.63, 3.8) is 0 Å². The monoisotopic (exact) mass is 673 g/mol. The van der Waals surface area contributed by atoms with Crippen molar-refractivity contribution in [3.8, 4) is 0 Å². The molecule has 2 aromatic carbocycles. The lowest BCUT2D eigenvalue weighted by Crippen LogP contribution is -2.33. The van der Waals surface area contributed by atoms with Crippen molar-refractivity contribution in [2.75, 3.05) is 39.3 Å². The molecule has 2 aliphatic heterocycles. The van der Waals surface area contributed by atoms with Crippen LogP contribution in [0, 0.1) is 11.8 Å². The van der Waals surface area contributed by atoms with Crippen molar-refractivity contribution >= 4 is 34.4 Å². The molecule has 264 valence electrons. The summed E-state index contributed by atoms with van der Waals surface area (Å²) in [5.74, 6) is 2.04. The Morgan fingerprint density at radius 3 is 2.04 bits per heavy atom. The highest BCUT2D eigenvalue weighted by molar-refractivity contribution is 5.94. The molecular weight excluding hydrogens is 622 g/mol. The average Bonchev–Trinajstić information content (AvgIpc) is 3.84. The number of fused-ring (bicyclic) bond motifs is 1. The molecular formula is C39H51N3O7. The number of methoxy groups -OCH3 is 2. The fourth-order valence-electron chi connectivity index (χ4n) is 7.51. The molecule has 49 heavy (non-hydrogen) atoms. The Labute approximate surface area is 289 Å². The number of Topliss-reactive ketones (excluding diaryl/α,β-unsaturated/α-hetero) is 1. The van der Waals surface area contributed by atoms with Gasteiger partial charge in [-0.2, -0.15) is 0 Å². The number of nitrogens with zero attached hydrogens (tertiary/aromatic N) is 2. The van der Waals surface area contributed by atoms with Crippen LogP contribution in [0.25, 0.3) is 11.0 Å². The number of benzene rings is 2. The maximum absolute atomic E-state index is 12.5. The molecule has 2 saturated heterocycles. The van der Waals surface area contributed by atoms with Gasteiger partial charge in [-0.3, -0.25) is 4.79 Å². The zero-order chi connectivity index (χ0) is 34.2. The maximum atomic E-state index is 12.5. The molecule has 10 heteroatoms.